The number of nitrogens with one attached hydrogen (secondary N) is 3. The summed E-state index contributed by atoms with van der Waals surface area (Å²) in [5.74, 6) is 0.0282. The van der Waals surface area contributed by atoms with Gasteiger partial charge in [0.15, 0.2) is 0 Å². The Morgan fingerprint density at radius 1 is 1.24 bits per heavy atom. The van der Waals surface area contributed by atoms with Gasteiger partial charge >= 0.3 is 0 Å². The second-order valence-electron chi connectivity index (χ2n) is 4.59. The van der Waals surface area contributed by atoms with E-state index < -0.39 is 5.91 Å². The summed E-state index contributed by atoms with van der Waals surface area (Å²) in [6.45, 7) is 5.95. The van der Waals surface area contributed by atoms with Crippen LogP contribution in [0.4, 0.5) is 5.69 Å². The van der Waals surface area contributed by atoms with Gasteiger partial charge in [0, 0.05) is 17.8 Å². The average Bonchev–Trinajstić information content (AvgIpc) is 2.88. The molecule has 0 spiro atoms. The zero-order chi connectivity index (χ0) is 15.4. The van der Waals surface area contributed by atoms with Crippen molar-refractivity contribution in [3.8, 4) is 0 Å². The second kappa shape index (κ2) is 6.17. The van der Waals surface area contributed by atoms with Crippen LogP contribution >= 0.6 is 0 Å². The number of hydrogen-bond acceptors (Lipinski definition) is 4. The lowest BCUT2D eigenvalue weighted by Gasteiger charge is -2.09. The Morgan fingerprint density at radius 2 is 2.00 bits per heavy atom. The Kier molecular flexibility index (Phi) is 4.32. The third kappa shape index (κ3) is 3.44. The van der Waals surface area contributed by atoms with Crippen LogP contribution in [0, 0.1) is 13.8 Å². The monoisotopic (exact) mass is 287 g/mol. The number of aromatic amines is 1. The maximum atomic E-state index is 12.0. The molecular weight excluding hydrogens is 270 g/mol. The maximum Gasteiger partial charge on any atom is 0.295 e. The lowest BCUT2D eigenvalue weighted by molar-refractivity contribution is 0.0954. The molecule has 1 heterocycles. The van der Waals surface area contributed by atoms with Crippen LogP contribution in [0.15, 0.2) is 18.2 Å². The Bertz CT molecular complexity index is 678. The number of aromatic nitrogens is 3. The quantitative estimate of drug-likeness (QED) is 0.791. The van der Waals surface area contributed by atoms with Gasteiger partial charge in [-0.05, 0) is 38.5 Å². The summed E-state index contributed by atoms with van der Waals surface area (Å²) < 4.78 is 0. The van der Waals surface area contributed by atoms with Crippen molar-refractivity contribution in [1.29, 1.82) is 0 Å². The van der Waals surface area contributed by atoms with Crippen LogP contribution in [0.2, 0.25) is 0 Å². The van der Waals surface area contributed by atoms with Crippen LogP contribution in [-0.4, -0.2) is 33.5 Å². The minimum absolute atomic E-state index is 0.0651. The van der Waals surface area contributed by atoms with Crippen molar-refractivity contribution in [3.63, 3.8) is 0 Å². The molecular formula is C14H17N5O2. The molecule has 7 nitrogen and oxygen atoms in total. The highest BCUT2D eigenvalue weighted by molar-refractivity contribution is 6.03. The number of hydrogen-bond donors (Lipinski definition) is 3. The van der Waals surface area contributed by atoms with Gasteiger partial charge in [-0.1, -0.05) is 6.07 Å². The number of H-pyrrole nitrogens is 1. The lowest BCUT2D eigenvalue weighted by atomic mass is 10.1. The van der Waals surface area contributed by atoms with Crippen molar-refractivity contribution >= 4 is 17.5 Å². The van der Waals surface area contributed by atoms with Crippen LogP contribution in [0.1, 0.15) is 39.3 Å². The summed E-state index contributed by atoms with van der Waals surface area (Å²) >= 11 is 0. The van der Waals surface area contributed by atoms with Gasteiger partial charge in [0.2, 0.25) is 5.82 Å². The molecule has 0 unspecified atom stereocenters. The van der Waals surface area contributed by atoms with Crippen LogP contribution in [0.5, 0.6) is 0 Å². The SMILES string of the molecule is CCNC(=O)c1ccc(C)c(NC(=O)c2n[nH]c(C)n2)c1. The zero-order valence-electron chi connectivity index (χ0n) is 12.2. The van der Waals surface area contributed by atoms with Crippen LogP contribution in [0.3, 0.4) is 0 Å². The summed E-state index contributed by atoms with van der Waals surface area (Å²) in [5.41, 5.74) is 1.90. The summed E-state index contributed by atoms with van der Waals surface area (Å²) in [5, 5.41) is 11.8. The fourth-order valence-corrected chi connectivity index (χ4v) is 1.78. The van der Waals surface area contributed by atoms with Crippen molar-refractivity contribution < 1.29 is 9.59 Å². The van der Waals surface area contributed by atoms with Crippen LogP contribution < -0.4 is 10.6 Å². The fraction of sp³-hybridized carbons (Fsp3) is 0.286. The van der Waals surface area contributed by atoms with E-state index >= 15 is 0 Å². The minimum atomic E-state index is -0.421. The van der Waals surface area contributed by atoms with E-state index in [2.05, 4.69) is 25.8 Å². The fourth-order valence-electron chi connectivity index (χ4n) is 1.78. The van der Waals surface area contributed by atoms with E-state index in [1.807, 2.05) is 13.8 Å². The van der Waals surface area contributed by atoms with Gasteiger partial charge in [0.05, 0.1) is 0 Å². The maximum absolute atomic E-state index is 12.0. The summed E-state index contributed by atoms with van der Waals surface area (Å²) in [7, 11) is 0. The van der Waals surface area contributed by atoms with Crippen LogP contribution in [0.25, 0.3) is 0 Å². The molecule has 0 saturated heterocycles. The third-order valence-corrected chi connectivity index (χ3v) is 2.89. The second-order valence-corrected chi connectivity index (χ2v) is 4.59. The predicted molar refractivity (Wildman–Crippen MR) is 78.3 cm³/mol. The Balaban J connectivity index is 2.21. The molecule has 2 amide bonds. The number of amides is 2. The number of anilines is 1. The van der Waals surface area contributed by atoms with E-state index in [9.17, 15) is 9.59 Å². The molecule has 1 aromatic heterocycles. The van der Waals surface area contributed by atoms with E-state index in [-0.39, 0.29) is 11.7 Å². The van der Waals surface area contributed by atoms with E-state index in [0.29, 0.717) is 23.6 Å². The average molecular weight is 287 g/mol. The summed E-state index contributed by atoms with van der Waals surface area (Å²) in [4.78, 5) is 27.8. The van der Waals surface area contributed by atoms with Crippen molar-refractivity contribution in [2.45, 2.75) is 20.8 Å². The largest absolute Gasteiger partial charge is 0.352 e. The van der Waals surface area contributed by atoms with Gasteiger partial charge < -0.3 is 10.6 Å². The molecule has 0 aliphatic carbocycles. The first-order valence-electron chi connectivity index (χ1n) is 6.60. The van der Waals surface area contributed by atoms with Crippen LogP contribution in [-0.2, 0) is 0 Å². The first-order valence-corrected chi connectivity index (χ1v) is 6.60. The number of carbonyl (C=O) groups is 2. The van der Waals surface area contributed by atoms with Gasteiger partial charge in [-0.25, -0.2) is 4.98 Å². The topological polar surface area (TPSA) is 99.8 Å². The van der Waals surface area contributed by atoms with Gasteiger partial charge in [-0.3, -0.25) is 14.7 Å². The minimum Gasteiger partial charge on any atom is -0.352 e. The first-order chi connectivity index (χ1) is 10.0. The summed E-state index contributed by atoms with van der Waals surface area (Å²) in [6.07, 6.45) is 0. The highest BCUT2D eigenvalue weighted by Gasteiger charge is 2.14. The van der Waals surface area contributed by atoms with E-state index in [4.69, 9.17) is 0 Å². The van der Waals surface area contributed by atoms with E-state index in [1.165, 1.54) is 0 Å². The van der Waals surface area contributed by atoms with Gasteiger partial charge in [-0.15, -0.1) is 5.10 Å². The molecule has 21 heavy (non-hydrogen) atoms. The third-order valence-electron chi connectivity index (χ3n) is 2.89. The van der Waals surface area contributed by atoms with Gasteiger partial charge in [-0.2, -0.15) is 0 Å². The van der Waals surface area contributed by atoms with Crippen molar-refractivity contribution in [1.82, 2.24) is 20.5 Å². The van der Waals surface area contributed by atoms with Gasteiger partial charge in [0.1, 0.15) is 5.82 Å². The normalized spacial score (nSPS) is 10.2. The molecule has 0 fully saturated rings. The molecule has 7 heteroatoms. The molecule has 0 atom stereocenters. The molecule has 0 aliphatic rings. The highest BCUT2D eigenvalue weighted by atomic mass is 16.2. The molecule has 1 aromatic carbocycles. The predicted octanol–water partition coefficient (Wildman–Crippen LogP) is 1.42. The molecule has 2 rings (SSSR count). The molecule has 0 aliphatic heterocycles. The molecule has 0 saturated carbocycles. The number of benzene rings is 1. The van der Waals surface area contributed by atoms with Gasteiger partial charge in [0.25, 0.3) is 11.8 Å². The lowest BCUT2D eigenvalue weighted by Crippen LogP contribution is -2.23. The number of rotatable bonds is 4. The molecule has 0 bridgehead atoms. The van der Waals surface area contributed by atoms with Crippen molar-refractivity contribution in [2.24, 2.45) is 0 Å². The Morgan fingerprint density at radius 3 is 2.62 bits per heavy atom. The molecule has 0 radical (unpaired) electrons. The number of aryl methyl sites for hydroxylation is 2. The standard InChI is InChI=1S/C14H17N5O2/c1-4-15-13(20)10-6-5-8(2)11(7-10)17-14(21)12-16-9(3)18-19-12/h5-7H,4H2,1-3H3,(H,15,20)(H,17,21)(H,16,18,19). The molecule has 3 N–H and O–H groups in total. The number of carbonyl (C=O) groups excluding carboxylic acids is 2. The Labute approximate surface area is 122 Å². The van der Waals surface area contributed by atoms with E-state index in [0.717, 1.165) is 5.56 Å². The smallest absolute Gasteiger partial charge is 0.295 e. The highest BCUT2D eigenvalue weighted by Crippen LogP contribution is 2.17. The zero-order valence-corrected chi connectivity index (χ0v) is 12.2. The Hall–Kier alpha value is -2.70. The van der Waals surface area contributed by atoms with E-state index in [1.54, 1.807) is 25.1 Å². The number of nitrogens with zero attached hydrogens (tertiary/aromatic N) is 2. The summed E-state index contributed by atoms with van der Waals surface area (Å²) in [6, 6.07) is 5.13. The first kappa shape index (κ1) is 14.7. The molecule has 2 aromatic rings. The molecule has 110 valence electrons. The van der Waals surface area contributed by atoms with Crippen molar-refractivity contribution in [2.75, 3.05) is 11.9 Å². The van der Waals surface area contributed by atoms with Crippen molar-refractivity contribution in [3.05, 3.63) is 41.0 Å².